The molecular weight excluding hydrogens is 397 g/mol. The van der Waals surface area contributed by atoms with Gasteiger partial charge in [0.1, 0.15) is 11.6 Å². The highest BCUT2D eigenvalue weighted by atomic mass is 19.4. The van der Waals surface area contributed by atoms with Gasteiger partial charge in [0.2, 0.25) is 0 Å². The summed E-state index contributed by atoms with van der Waals surface area (Å²) >= 11 is 0. The number of anilines is 2. The average molecular weight is 416 g/mol. The SMILES string of the molecule is O=C(c1cc2n(n1)[C@@H](C(F)(F)F)C[C@H](c1ccco1)N2)N1CCCc2ccccc21. The first-order valence-corrected chi connectivity index (χ1v) is 9.78. The number of nitrogens with zero attached hydrogens (tertiary/aromatic N) is 3. The summed E-state index contributed by atoms with van der Waals surface area (Å²) in [7, 11) is 0. The van der Waals surface area contributed by atoms with E-state index in [1.807, 2.05) is 24.3 Å². The van der Waals surface area contributed by atoms with Crippen LogP contribution in [0.15, 0.2) is 53.1 Å². The second-order valence-corrected chi connectivity index (χ2v) is 7.55. The summed E-state index contributed by atoms with van der Waals surface area (Å²) in [6.07, 6.45) is -1.70. The maximum Gasteiger partial charge on any atom is 0.410 e. The van der Waals surface area contributed by atoms with E-state index in [-0.39, 0.29) is 17.9 Å². The van der Waals surface area contributed by atoms with Crippen molar-refractivity contribution in [2.45, 2.75) is 37.5 Å². The number of aromatic nitrogens is 2. The Bertz CT molecular complexity index is 1070. The zero-order valence-electron chi connectivity index (χ0n) is 15.9. The fourth-order valence-electron chi connectivity index (χ4n) is 4.24. The van der Waals surface area contributed by atoms with Crippen molar-refractivity contribution in [1.82, 2.24) is 9.78 Å². The molecule has 1 aromatic carbocycles. The van der Waals surface area contributed by atoms with Crippen molar-refractivity contribution < 1.29 is 22.4 Å². The van der Waals surface area contributed by atoms with E-state index in [9.17, 15) is 18.0 Å². The monoisotopic (exact) mass is 416 g/mol. The first-order valence-electron chi connectivity index (χ1n) is 9.78. The lowest BCUT2D eigenvalue weighted by molar-refractivity contribution is -0.174. The second kappa shape index (κ2) is 6.93. The topological polar surface area (TPSA) is 63.3 Å². The van der Waals surface area contributed by atoms with Crippen LogP contribution in [0, 0.1) is 0 Å². The Morgan fingerprint density at radius 3 is 2.80 bits per heavy atom. The molecule has 2 aliphatic rings. The standard InChI is InChI=1S/C21H19F3N4O2/c22-21(23,24)18-11-14(17-8-4-10-30-17)25-19-12-15(26-28(18)19)20(29)27-9-3-6-13-5-1-2-7-16(13)27/h1-2,4-5,7-8,10,12,14,18,25H,3,6,9,11H2/t14-,18-/m1/s1. The van der Waals surface area contributed by atoms with E-state index >= 15 is 0 Å². The smallest absolute Gasteiger partial charge is 0.410 e. The van der Waals surface area contributed by atoms with Crippen molar-refractivity contribution in [3.63, 3.8) is 0 Å². The summed E-state index contributed by atoms with van der Waals surface area (Å²) in [6.45, 7) is 0.503. The number of benzene rings is 1. The third-order valence-electron chi connectivity index (χ3n) is 5.65. The van der Waals surface area contributed by atoms with Crippen molar-refractivity contribution >= 4 is 17.4 Å². The van der Waals surface area contributed by atoms with Gasteiger partial charge in [-0.1, -0.05) is 18.2 Å². The van der Waals surface area contributed by atoms with Crippen LogP contribution >= 0.6 is 0 Å². The minimum Gasteiger partial charge on any atom is -0.467 e. The van der Waals surface area contributed by atoms with Gasteiger partial charge in [-0.25, -0.2) is 4.68 Å². The Morgan fingerprint density at radius 1 is 1.20 bits per heavy atom. The maximum absolute atomic E-state index is 13.8. The minimum absolute atomic E-state index is 0.0106. The number of amides is 1. The van der Waals surface area contributed by atoms with E-state index in [0.29, 0.717) is 12.3 Å². The molecule has 3 aromatic rings. The number of fused-ring (bicyclic) bond motifs is 2. The van der Waals surface area contributed by atoms with E-state index in [0.717, 1.165) is 28.8 Å². The molecule has 1 N–H and O–H groups in total. The fraction of sp³-hybridized carbons (Fsp3) is 0.333. The van der Waals surface area contributed by atoms with Gasteiger partial charge in [0.25, 0.3) is 5.91 Å². The van der Waals surface area contributed by atoms with E-state index in [1.54, 1.807) is 17.0 Å². The summed E-state index contributed by atoms with van der Waals surface area (Å²) in [6, 6.07) is 9.73. The molecule has 5 rings (SSSR count). The lowest BCUT2D eigenvalue weighted by Crippen LogP contribution is -2.37. The maximum atomic E-state index is 13.8. The van der Waals surface area contributed by atoms with Gasteiger partial charge in [-0.3, -0.25) is 4.79 Å². The van der Waals surface area contributed by atoms with E-state index < -0.39 is 24.2 Å². The molecule has 0 saturated carbocycles. The molecule has 2 aliphatic heterocycles. The molecule has 2 aromatic heterocycles. The van der Waals surface area contributed by atoms with Crippen LogP contribution in [0.2, 0.25) is 0 Å². The van der Waals surface area contributed by atoms with Crippen LogP contribution in [0.5, 0.6) is 0 Å². The molecule has 6 nitrogen and oxygen atoms in total. The fourth-order valence-corrected chi connectivity index (χ4v) is 4.24. The van der Waals surface area contributed by atoms with Crippen LogP contribution in [0.1, 0.15) is 46.7 Å². The Hall–Kier alpha value is -3.23. The first kappa shape index (κ1) is 18.8. The van der Waals surface area contributed by atoms with Crippen molar-refractivity contribution in [1.29, 1.82) is 0 Å². The molecule has 30 heavy (non-hydrogen) atoms. The largest absolute Gasteiger partial charge is 0.467 e. The van der Waals surface area contributed by atoms with Gasteiger partial charge in [0, 0.05) is 24.7 Å². The van der Waals surface area contributed by atoms with Crippen molar-refractivity contribution in [3.8, 4) is 0 Å². The lowest BCUT2D eigenvalue weighted by Gasteiger charge is -2.32. The molecule has 0 spiro atoms. The van der Waals surface area contributed by atoms with Crippen molar-refractivity contribution in [2.75, 3.05) is 16.8 Å². The second-order valence-electron chi connectivity index (χ2n) is 7.55. The summed E-state index contributed by atoms with van der Waals surface area (Å²) in [4.78, 5) is 14.8. The number of halogens is 3. The molecule has 0 fully saturated rings. The Labute approximate surface area is 170 Å². The predicted octanol–water partition coefficient (Wildman–Crippen LogP) is 4.73. The van der Waals surface area contributed by atoms with Gasteiger partial charge in [0.05, 0.1) is 12.3 Å². The summed E-state index contributed by atoms with van der Waals surface area (Å²) in [5.74, 6) is 0.162. The predicted molar refractivity (Wildman–Crippen MR) is 103 cm³/mol. The van der Waals surface area contributed by atoms with Crippen LogP contribution in [0.4, 0.5) is 24.7 Å². The summed E-state index contributed by atoms with van der Waals surface area (Å²) < 4.78 is 47.5. The zero-order valence-corrected chi connectivity index (χ0v) is 15.9. The molecule has 0 bridgehead atoms. The molecule has 0 saturated heterocycles. The minimum atomic E-state index is -4.51. The molecule has 2 atom stereocenters. The molecule has 9 heteroatoms. The van der Waals surface area contributed by atoms with Gasteiger partial charge < -0.3 is 14.6 Å². The highest BCUT2D eigenvalue weighted by Gasteiger charge is 2.47. The lowest BCUT2D eigenvalue weighted by atomic mass is 10.0. The Morgan fingerprint density at radius 2 is 2.03 bits per heavy atom. The molecule has 1 amide bonds. The van der Waals surface area contributed by atoms with Crippen molar-refractivity contribution in [2.24, 2.45) is 0 Å². The number of carbonyl (C=O) groups excluding carboxylic acids is 1. The Kier molecular flexibility index (Phi) is 4.34. The first-order chi connectivity index (χ1) is 14.4. The number of aryl methyl sites for hydroxylation is 1. The molecule has 0 radical (unpaired) electrons. The molecule has 0 unspecified atom stereocenters. The summed E-state index contributed by atoms with van der Waals surface area (Å²) in [5.41, 5.74) is 1.82. The number of rotatable bonds is 2. The highest BCUT2D eigenvalue weighted by molar-refractivity contribution is 6.06. The number of hydrogen-bond acceptors (Lipinski definition) is 4. The van der Waals surface area contributed by atoms with Crippen LogP contribution in [-0.2, 0) is 6.42 Å². The number of hydrogen-bond donors (Lipinski definition) is 1. The van der Waals surface area contributed by atoms with E-state index in [2.05, 4.69) is 10.4 Å². The number of para-hydroxylation sites is 1. The third kappa shape index (κ3) is 3.14. The summed E-state index contributed by atoms with van der Waals surface area (Å²) in [5, 5.41) is 7.11. The molecule has 156 valence electrons. The van der Waals surface area contributed by atoms with Gasteiger partial charge in [-0.15, -0.1) is 0 Å². The highest BCUT2D eigenvalue weighted by Crippen LogP contribution is 2.44. The van der Waals surface area contributed by atoms with Gasteiger partial charge >= 0.3 is 6.18 Å². The van der Waals surface area contributed by atoms with E-state index in [1.165, 1.54) is 12.3 Å². The number of furan rings is 1. The third-order valence-corrected chi connectivity index (χ3v) is 5.65. The van der Waals surface area contributed by atoms with Crippen LogP contribution in [0.25, 0.3) is 0 Å². The molecular formula is C21H19F3N4O2. The van der Waals surface area contributed by atoms with Crippen molar-refractivity contribution in [3.05, 3.63) is 65.7 Å². The van der Waals surface area contributed by atoms with Gasteiger partial charge in [-0.05, 0) is 36.6 Å². The average Bonchev–Trinajstić information content (AvgIpc) is 3.41. The van der Waals surface area contributed by atoms with Crippen LogP contribution < -0.4 is 10.2 Å². The Balaban J connectivity index is 1.51. The van der Waals surface area contributed by atoms with Gasteiger partial charge in [-0.2, -0.15) is 18.3 Å². The normalized spacial score (nSPS) is 21.0. The number of carbonyl (C=O) groups is 1. The zero-order chi connectivity index (χ0) is 20.9. The van der Waals surface area contributed by atoms with Crippen LogP contribution in [0.3, 0.4) is 0 Å². The molecule has 4 heterocycles. The van der Waals surface area contributed by atoms with E-state index in [4.69, 9.17) is 4.42 Å². The number of nitrogens with one attached hydrogen (secondary N) is 1. The van der Waals surface area contributed by atoms with Crippen LogP contribution in [-0.4, -0.2) is 28.4 Å². The van der Waals surface area contributed by atoms with Gasteiger partial charge in [0.15, 0.2) is 11.7 Å². The quantitative estimate of drug-likeness (QED) is 0.656. The number of alkyl halides is 3. The molecule has 0 aliphatic carbocycles.